The first kappa shape index (κ1) is 21.6. The second-order valence-electron chi connectivity index (χ2n) is 7.20. The van der Waals surface area contributed by atoms with Crippen LogP contribution in [0.15, 0.2) is 42.5 Å². The van der Waals surface area contributed by atoms with Gasteiger partial charge in [-0.3, -0.25) is 4.79 Å². The van der Waals surface area contributed by atoms with Gasteiger partial charge in [-0.25, -0.2) is 4.79 Å². The van der Waals surface area contributed by atoms with Crippen LogP contribution in [0.5, 0.6) is 5.75 Å². The van der Waals surface area contributed by atoms with E-state index in [9.17, 15) is 9.59 Å². The summed E-state index contributed by atoms with van der Waals surface area (Å²) in [5.41, 5.74) is 2.26. The maximum atomic E-state index is 13.0. The molecule has 7 heteroatoms. The van der Waals surface area contributed by atoms with E-state index >= 15 is 0 Å². The highest BCUT2D eigenvalue weighted by Gasteiger charge is 2.19. The van der Waals surface area contributed by atoms with Crippen molar-refractivity contribution >= 4 is 23.3 Å². The van der Waals surface area contributed by atoms with Crippen LogP contribution in [0.2, 0.25) is 0 Å². The van der Waals surface area contributed by atoms with Crippen LogP contribution in [0, 0.1) is 0 Å². The molecule has 2 aromatic rings. The lowest BCUT2D eigenvalue weighted by atomic mass is 10.1. The average Bonchev–Trinajstić information content (AvgIpc) is 2.74. The summed E-state index contributed by atoms with van der Waals surface area (Å²) in [6.45, 7) is 8.55. The molecule has 2 aromatic carbocycles. The lowest BCUT2D eigenvalue weighted by Crippen LogP contribution is -2.36. The average molecular weight is 412 g/mol. The molecule has 0 unspecified atom stereocenters. The SMILES string of the molecule is CCOC(=O)c1ccc(N2CCOCC2)c(NC(=O)c2cccc(OC(C)C)c2)c1. The topological polar surface area (TPSA) is 77.1 Å². The lowest BCUT2D eigenvalue weighted by molar-refractivity contribution is 0.0526. The number of benzene rings is 2. The fourth-order valence-electron chi connectivity index (χ4n) is 3.23. The van der Waals surface area contributed by atoms with Crippen molar-refractivity contribution < 1.29 is 23.8 Å². The summed E-state index contributed by atoms with van der Waals surface area (Å²) in [4.78, 5) is 27.3. The Balaban J connectivity index is 1.88. The van der Waals surface area contributed by atoms with Crippen LogP contribution in [0.25, 0.3) is 0 Å². The Labute approximate surface area is 176 Å². The molecule has 1 saturated heterocycles. The molecular weight excluding hydrogens is 384 g/mol. The van der Waals surface area contributed by atoms with Gasteiger partial charge < -0.3 is 24.4 Å². The number of hydrogen-bond acceptors (Lipinski definition) is 6. The van der Waals surface area contributed by atoms with E-state index in [1.807, 2.05) is 26.0 Å². The van der Waals surface area contributed by atoms with E-state index in [2.05, 4.69) is 10.2 Å². The fourth-order valence-corrected chi connectivity index (χ4v) is 3.23. The predicted octanol–water partition coefficient (Wildman–Crippen LogP) is 3.74. The van der Waals surface area contributed by atoms with Crippen LogP contribution >= 0.6 is 0 Å². The molecule has 0 spiro atoms. The predicted molar refractivity (Wildman–Crippen MR) is 116 cm³/mol. The highest BCUT2D eigenvalue weighted by atomic mass is 16.5. The molecule has 0 atom stereocenters. The Kier molecular flexibility index (Phi) is 7.30. The molecule has 160 valence electrons. The smallest absolute Gasteiger partial charge is 0.338 e. The minimum absolute atomic E-state index is 0.0116. The number of carbonyl (C=O) groups is 2. The number of anilines is 2. The van der Waals surface area contributed by atoms with Gasteiger partial charge in [-0.1, -0.05) is 6.07 Å². The molecule has 1 heterocycles. The van der Waals surface area contributed by atoms with Crippen molar-refractivity contribution in [1.82, 2.24) is 0 Å². The Bertz CT molecular complexity index is 891. The number of morpholine rings is 1. The van der Waals surface area contributed by atoms with Gasteiger partial charge in [0.05, 0.1) is 42.9 Å². The van der Waals surface area contributed by atoms with Crippen LogP contribution in [0.3, 0.4) is 0 Å². The maximum absolute atomic E-state index is 13.0. The molecule has 1 fully saturated rings. The molecule has 0 bridgehead atoms. The van der Waals surface area contributed by atoms with Gasteiger partial charge in [-0.05, 0) is 57.2 Å². The summed E-state index contributed by atoms with van der Waals surface area (Å²) in [6.07, 6.45) is 0.0116. The summed E-state index contributed by atoms with van der Waals surface area (Å²) < 4.78 is 16.2. The third kappa shape index (κ3) is 5.51. The van der Waals surface area contributed by atoms with Crippen LogP contribution in [0.4, 0.5) is 11.4 Å². The maximum Gasteiger partial charge on any atom is 0.338 e. The Morgan fingerprint density at radius 2 is 1.87 bits per heavy atom. The molecule has 3 rings (SSSR count). The quantitative estimate of drug-likeness (QED) is 0.698. The zero-order valence-corrected chi connectivity index (χ0v) is 17.6. The number of esters is 1. The van der Waals surface area contributed by atoms with Crippen LogP contribution < -0.4 is 15.0 Å². The van der Waals surface area contributed by atoms with Crippen LogP contribution in [-0.2, 0) is 9.47 Å². The Hall–Kier alpha value is -3.06. The number of nitrogens with zero attached hydrogens (tertiary/aromatic N) is 1. The van der Waals surface area contributed by atoms with Crippen LogP contribution in [-0.4, -0.2) is 50.9 Å². The number of amides is 1. The van der Waals surface area contributed by atoms with Gasteiger partial charge in [-0.15, -0.1) is 0 Å². The first-order chi connectivity index (χ1) is 14.5. The molecule has 0 aliphatic carbocycles. The monoisotopic (exact) mass is 412 g/mol. The third-order valence-corrected chi connectivity index (χ3v) is 4.58. The van der Waals surface area contributed by atoms with Gasteiger partial charge in [0, 0.05) is 18.7 Å². The van der Waals surface area contributed by atoms with E-state index < -0.39 is 5.97 Å². The van der Waals surface area contributed by atoms with Crippen molar-refractivity contribution in [3.05, 3.63) is 53.6 Å². The number of hydrogen-bond donors (Lipinski definition) is 1. The van der Waals surface area contributed by atoms with Gasteiger partial charge in [0.1, 0.15) is 5.75 Å². The largest absolute Gasteiger partial charge is 0.491 e. The molecule has 1 aliphatic heterocycles. The minimum Gasteiger partial charge on any atom is -0.491 e. The summed E-state index contributed by atoms with van der Waals surface area (Å²) in [5, 5.41) is 2.96. The van der Waals surface area contributed by atoms with Crippen molar-refractivity contribution in [3.8, 4) is 5.75 Å². The standard InChI is InChI=1S/C23H28N2O5/c1-4-29-23(27)18-8-9-21(25-10-12-28-13-11-25)20(15-18)24-22(26)17-6-5-7-19(14-17)30-16(2)3/h5-9,14-16H,4,10-13H2,1-3H3,(H,24,26). The molecule has 7 nitrogen and oxygen atoms in total. The Morgan fingerprint density at radius 3 is 2.57 bits per heavy atom. The number of rotatable bonds is 7. The van der Waals surface area contributed by atoms with E-state index in [0.717, 1.165) is 5.69 Å². The summed E-state index contributed by atoms with van der Waals surface area (Å²) >= 11 is 0. The van der Waals surface area contributed by atoms with E-state index in [0.29, 0.717) is 48.9 Å². The second-order valence-corrected chi connectivity index (χ2v) is 7.20. The lowest BCUT2D eigenvalue weighted by Gasteiger charge is -2.30. The highest BCUT2D eigenvalue weighted by molar-refractivity contribution is 6.07. The summed E-state index contributed by atoms with van der Waals surface area (Å²) in [7, 11) is 0. The number of ether oxygens (including phenoxy) is 3. The highest BCUT2D eigenvalue weighted by Crippen LogP contribution is 2.29. The van der Waals surface area contributed by atoms with Crippen LogP contribution in [0.1, 0.15) is 41.5 Å². The zero-order valence-electron chi connectivity index (χ0n) is 17.6. The number of nitrogens with one attached hydrogen (secondary N) is 1. The van der Waals surface area contributed by atoms with E-state index in [1.54, 1.807) is 37.3 Å². The van der Waals surface area contributed by atoms with Crippen molar-refractivity contribution in [2.75, 3.05) is 43.1 Å². The number of carbonyl (C=O) groups excluding carboxylic acids is 2. The molecule has 0 aromatic heterocycles. The molecule has 0 saturated carbocycles. The van der Waals surface area contributed by atoms with Crippen molar-refractivity contribution in [2.45, 2.75) is 26.9 Å². The normalized spacial score (nSPS) is 13.8. The minimum atomic E-state index is -0.422. The third-order valence-electron chi connectivity index (χ3n) is 4.58. The molecule has 0 radical (unpaired) electrons. The molecule has 1 aliphatic rings. The van der Waals surface area contributed by atoms with Crippen molar-refractivity contribution in [3.63, 3.8) is 0 Å². The Morgan fingerprint density at radius 1 is 1.10 bits per heavy atom. The van der Waals surface area contributed by atoms with Gasteiger partial charge in [0.15, 0.2) is 0 Å². The zero-order chi connectivity index (χ0) is 21.5. The molecule has 30 heavy (non-hydrogen) atoms. The molecule has 1 amide bonds. The van der Waals surface area contributed by atoms with E-state index in [4.69, 9.17) is 14.2 Å². The van der Waals surface area contributed by atoms with Crippen molar-refractivity contribution in [2.24, 2.45) is 0 Å². The van der Waals surface area contributed by atoms with E-state index in [-0.39, 0.29) is 18.6 Å². The van der Waals surface area contributed by atoms with Gasteiger partial charge in [-0.2, -0.15) is 0 Å². The van der Waals surface area contributed by atoms with E-state index in [1.165, 1.54) is 0 Å². The molecular formula is C23H28N2O5. The van der Waals surface area contributed by atoms with Crippen molar-refractivity contribution in [1.29, 1.82) is 0 Å². The van der Waals surface area contributed by atoms with Gasteiger partial charge in [0.25, 0.3) is 5.91 Å². The fraction of sp³-hybridized carbons (Fsp3) is 0.391. The van der Waals surface area contributed by atoms with Gasteiger partial charge >= 0.3 is 5.97 Å². The first-order valence-electron chi connectivity index (χ1n) is 10.2. The second kappa shape index (κ2) is 10.1. The van der Waals surface area contributed by atoms with Gasteiger partial charge in [0.2, 0.25) is 0 Å². The summed E-state index contributed by atoms with van der Waals surface area (Å²) in [6, 6.07) is 12.3. The molecule has 1 N–H and O–H groups in total. The first-order valence-corrected chi connectivity index (χ1v) is 10.2. The summed E-state index contributed by atoms with van der Waals surface area (Å²) in [5.74, 6) is -0.0695.